The van der Waals surface area contributed by atoms with Crippen LogP contribution in [0.4, 0.5) is 0 Å². The lowest BCUT2D eigenvalue weighted by atomic mass is 10.1. The van der Waals surface area contributed by atoms with Gasteiger partial charge >= 0.3 is 0 Å². The second kappa shape index (κ2) is 8.15. The molecule has 0 unspecified atom stereocenters. The summed E-state index contributed by atoms with van der Waals surface area (Å²) in [5, 5.41) is 9.50. The molecule has 4 heterocycles. The van der Waals surface area contributed by atoms with Crippen LogP contribution in [0.1, 0.15) is 0 Å². The van der Waals surface area contributed by atoms with Crippen molar-refractivity contribution < 1.29 is 0 Å². The lowest BCUT2D eigenvalue weighted by Crippen LogP contribution is -1.94. The van der Waals surface area contributed by atoms with Crippen molar-refractivity contribution in [2.45, 2.75) is 0 Å². The van der Waals surface area contributed by atoms with Gasteiger partial charge < -0.3 is 4.57 Å². The molecule has 8 rings (SSSR count). The van der Waals surface area contributed by atoms with Crippen molar-refractivity contribution in [3.05, 3.63) is 134 Å². The minimum Gasteiger partial charge on any atom is -0.309 e. The number of pyridine rings is 2. The van der Waals surface area contributed by atoms with Crippen LogP contribution in [0.5, 0.6) is 0 Å². The van der Waals surface area contributed by atoms with Crippen molar-refractivity contribution in [2.75, 3.05) is 0 Å². The van der Waals surface area contributed by atoms with E-state index in [1.165, 1.54) is 32.6 Å². The Morgan fingerprint density at radius 1 is 0.526 bits per heavy atom. The highest BCUT2D eigenvalue weighted by Crippen LogP contribution is 2.33. The fourth-order valence-electron chi connectivity index (χ4n) is 5.59. The van der Waals surface area contributed by atoms with Crippen LogP contribution in [0.25, 0.3) is 66.2 Å². The maximum atomic E-state index is 4.82. The summed E-state index contributed by atoms with van der Waals surface area (Å²) in [4.78, 5) is 4.82. The van der Waals surface area contributed by atoms with E-state index >= 15 is 0 Å². The molecule has 8 aromatic rings. The Morgan fingerprint density at radius 3 is 1.89 bits per heavy atom. The highest BCUT2D eigenvalue weighted by Gasteiger charge is 2.12. The van der Waals surface area contributed by atoms with Crippen LogP contribution in [-0.2, 0) is 0 Å². The molecule has 4 aromatic carbocycles. The maximum absolute atomic E-state index is 4.82. The molecule has 0 aliphatic heterocycles. The average Bonchev–Trinajstić information content (AvgIpc) is 3.55. The number of nitrogens with zero attached hydrogens (tertiary/aromatic N) is 4. The molecule has 0 radical (unpaired) electrons. The van der Waals surface area contributed by atoms with Gasteiger partial charge in [0.1, 0.15) is 0 Å². The lowest BCUT2D eigenvalue weighted by molar-refractivity contribution is 0.970. The van der Waals surface area contributed by atoms with Crippen molar-refractivity contribution in [2.24, 2.45) is 0 Å². The van der Waals surface area contributed by atoms with Crippen LogP contribution < -0.4 is 0 Å². The molecule has 0 amide bonds. The third kappa shape index (κ3) is 3.17. The Kier molecular flexibility index (Phi) is 4.49. The van der Waals surface area contributed by atoms with Gasteiger partial charge in [0.25, 0.3) is 0 Å². The Morgan fingerprint density at radius 2 is 1.18 bits per heavy atom. The van der Waals surface area contributed by atoms with E-state index in [0.717, 1.165) is 33.6 Å². The van der Waals surface area contributed by atoms with E-state index in [1.807, 2.05) is 16.9 Å². The van der Waals surface area contributed by atoms with Crippen molar-refractivity contribution in [3.63, 3.8) is 0 Å². The van der Waals surface area contributed by atoms with Gasteiger partial charge in [0, 0.05) is 50.9 Å². The van der Waals surface area contributed by atoms with Gasteiger partial charge in [0.2, 0.25) is 0 Å². The fraction of sp³-hybridized carbons (Fsp3) is 0. The molecule has 0 saturated carbocycles. The number of rotatable bonds is 3. The summed E-state index contributed by atoms with van der Waals surface area (Å²) in [7, 11) is 0. The number of aromatic nitrogens is 4. The number of hydrogen-bond acceptors (Lipinski definition) is 2. The molecule has 0 saturated heterocycles. The first-order valence-electron chi connectivity index (χ1n) is 12.8. The Labute approximate surface area is 219 Å². The van der Waals surface area contributed by atoms with E-state index in [1.54, 1.807) is 0 Å². The molecule has 0 aliphatic rings. The highest BCUT2D eigenvalue weighted by molar-refractivity contribution is 6.09. The largest absolute Gasteiger partial charge is 0.309 e. The molecule has 0 bridgehead atoms. The van der Waals surface area contributed by atoms with Crippen LogP contribution in [0, 0.1) is 0 Å². The zero-order chi connectivity index (χ0) is 25.1. The molecule has 38 heavy (non-hydrogen) atoms. The first kappa shape index (κ1) is 20.9. The van der Waals surface area contributed by atoms with Gasteiger partial charge in [-0.1, -0.05) is 78.9 Å². The van der Waals surface area contributed by atoms with E-state index in [-0.39, 0.29) is 0 Å². The highest BCUT2D eigenvalue weighted by atomic mass is 15.2. The fourth-order valence-corrected chi connectivity index (χ4v) is 5.59. The minimum absolute atomic E-state index is 0.949. The molecule has 0 atom stereocenters. The smallest absolute Gasteiger partial charge is 0.0747 e. The lowest BCUT2D eigenvalue weighted by Gasteiger charge is -2.09. The molecule has 4 aromatic heterocycles. The molecule has 0 N–H and O–H groups in total. The zero-order valence-corrected chi connectivity index (χ0v) is 20.5. The number of fused-ring (bicyclic) bond motifs is 5. The van der Waals surface area contributed by atoms with Crippen molar-refractivity contribution in [1.29, 1.82) is 0 Å². The van der Waals surface area contributed by atoms with Gasteiger partial charge in [-0.15, -0.1) is 0 Å². The van der Waals surface area contributed by atoms with Gasteiger partial charge in [-0.05, 0) is 41.8 Å². The molecule has 4 heteroatoms. The summed E-state index contributed by atoms with van der Waals surface area (Å²) >= 11 is 0. The Hall–Kier alpha value is -5.22. The van der Waals surface area contributed by atoms with Crippen molar-refractivity contribution in [1.82, 2.24) is 19.2 Å². The summed E-state index contributed by atoms with van der Waals surface area (Å²) < 4.78 is 4.28. The second-order valence-electron chi connectivity index (χ2n) is 9.64. The zero-order valence-electron chi connectivity index (χ0n) is 20.5. The van der Waals surface area contributed by atoms with Gasteiger partial charge in [-0.3, -0.25) is 4.98 Å². The predicted molar refractivity (Wildman–Crippen MR) is 156 cm³/mol. The van der Waals surface area contributed by atoms with Gasteiger partial charge in [-0.25, -0.2) is 4.52 Å². The number of hydrogen-bond donors (Lipinski definition) is 0. The summed E-state index contributed by atoms with van der Waals surface area (Å²) in [5.74, 6) is 0. The molecule has 0 aliphatic carbocycles. The molecule has 0 fully saturated rings. The van der Waals surface area contributed by atoms with Crippen LogP contribution in [0.15, 0.2) is 134 Å². The monoisotopic (exact) mass is 486 g/mol. The topological polar surface area (TPSA) is 35.1 Å². The van der Waals surface area contributed by atoms with Crippen LogP contribution >= 0.6 is 0 Å². The van der Waals surface area contributed by atoms with E-state index in [9.17, 15) is 0 Å². The summed E-state index contributed by atoms with van der Waals surface area (Å²) in [6.45, 7) is 0. The Bertz CT molecular complexity index is 2060. The van der Waals surface area contributed by atoms with Crippen LogP contribution in [-0.4, -0.2) is 19.2 Å². The summed E-state index contributed by atoms with van der Waals surface area (Å²) in [5.41, 5.74) is 8.82. The number of para-hydroxylation sites is 2. The maximum Gasteiger partial charge on any atom is 0.0747 e. The molecule has 178 valence electrons. The quantitative estimate of drug-likeness (QED) is 0.252. The van der Waals surface area contributed by atoms with E-state index < -0.39 is 0 Å². The minimum atomic E-state index is 0.949. The molecular weight excluding hydrogens is 464 g/mol. The molecule has 0 spiro atoms. The van der Waals surface area contributed by atoms with Gasteiger partial charge in [0.05, 0.1) is 28.4 Å². The number of benzene rings is 4. The van der Waals surface area contributed by atoms with Crippen LogP contribution in [0.2, 0.25) is 0 Å². The molecular formula is C34H22N4. The second-order valence-corrected chi connectivity index (χ2v) is 9.64. The van der Waals surface area contributed by atoms with E-state index in [0.29, 0.717) is 0 Å². The average molecular weight is 487 g/mol. The molecule has 4 nitrogen and oxygen atoms in total. The van der Waals surface area contributed by atoms with Gasteiger partial charge in [0.15, 0.2) is 0 Å². The van der Waals surface area contributed by atoms with Crippen molar-refractivity contribution in [3.8, 4) is 28.1 Å². The normalized spacial score (nSPS) is 11.7. The Balaban J connectivity index is 1.16. The van der Waals surface area contributed by atoms with Crippen molar-refractivity contribution >= 4 is 38.1 Å². The van der Waals surface area contributed by atoms with E-state index in [2.05, 4.69) is 131 Å². The third-order valence-electron chi connectivity index (χ3n) is 7.46. The van der Waals surface area contributed by atoms with E-state index in [4.69, 9.17) is 4.98 Å². The first-order chi connectivity index (χ1) is 18.8. The predicted octanol–water partition coefficient (Wildman–Crippen LogP) is 8.31. The third-order valence-corrected chi connectivity index (χ3v) is 7.46. The van der Waals surface area contributed by atoms with Crippen LogP contribution in [0.3, 0.4) is 0 Å². The standard InChI is InChI=1S/C34H22N4/c1-2-8-26-22-37-34(19-24(26)7-1)30(21-36-37)25-15-18-31(35-20-25)23-13-16-27(17-14-23)38-32-11-5-3-9-28(32)29-10-4-6-12-33(29)38/h1-22H. The summed E-state index contributed by atoms with van der Waals surface area (Å²) in [6, 6.07) is 40.6. The SMILES string of the molecule is c1ccc2cn3ncc(-c4ccc(-c5ccc(-n6c7ccccc7c7ccccc76)cc5)nc4)c3cc2c1. The first-order valence-corrected chi connectivity index (χ1v) is 12.8. The summed E-state index contributed by atoms with van der Waals surface area (Å²) in [6.07, 6.45) is 5.95. The van der Waals surface area contributed by atoms with Gasteiger partial charge in [-0.2, -0.15) is 5.10 Å².